The van der Waals surface area contributed by atoms with E-state index in [1.165, 1.54) is 5.56 Å². The van der Waals surface area contributed by atoms with E-state index in [1.807, 2.05) is 66.4 Å². The lowest BCUT2D eigenvalue weighted by Gasteiger charge is -2.34. The summed E-state index contributed by atoms with van der Waals surface area (Å²) in [6.45, 7) is 6.54. The zero-order chi connectivity index (χ0) is 21.6. The van der Waals surface area contributed by atoms with Crippen LogP contribution in [-0.4, -0.2) is 72.3 Å². The lowest BCUT2D eigenvalue weighted by atomic mass is 10.1. The molecule has 4 rings (SSSR count). The summed E-state index contributed by atoms with van der Waals surface area (Å²) in [4.78, 5) is 17.1. The molecule has 1 aliphatic heterocycles. The Morgan fingerprint density at radius 2 is 1.68 bits per heavy atom. The fraction of sp³-hybridized carbons (Fsp3) is 0.333. The van der Waals surface area contributed by atoms with Gasteiger partial charge in [-0.15, -0.1) is 0 Å². The summed E-state index contributed by atoms with van der Waals surface area (Å²) in [5.41, 5.74) is 3.52. The molecular formula is C24H28N4O3. The van der Waals surface area contributed by atoms with Crippen LogP contribution in [0.4, 0.5) is 0 Å². The van der Waals surface area contributed by atoms with E-state index in [4.69, 9.17) is 9.47 Å². The number of nitrogens with zero attached hydrogens (tertiary/aromatic N) is 3. The second kappa shape index (κ2) is 9.66. The van der Waals surface area contributed by atoms with Gasteiger partial charge in [-0.3, -0.25) is 14.8 Å². The van der Waals surface area contributed by atoms with E-state index in [-0.39, 0.29) is 5.91 Å². The topological polar surface area (TPSA) is 70.7 Å². The van der Waals surface area contributed by atoms with Gasteiger partial charge in [0.25, 0.3) is 5.91 Å². The molecule has 0 radical (unpaired) electrons. The number of carbonyl (C=O) groups excluding carboxylic acids is 1. The summed E-state index contributed by atoms with van der Waals surface area (Å²) in [5.74, 6) is 1.65. The summed E-state index contributed by atoms with van der Waals surface area (Å²) < 4.78 is 11.0. The molecule has 162 valence electrons. The van der Waals surface area contributed by atoms with E-state index in [0.29, 0.717) is 25.4 Å². The molecular weight excluding hydrogens is 392 g/mol. The van der Waals surface area contributed by atoms with E-state index in [0.717, 1.165) is 42.4 Å². The van der Waals surface area contributed by atoms with Gasteiger partial charge in [0.2, 0.25) is 0 Å². The number of piperazine rings is 1. The Morgan fingerprint density at radius 1 is 1.00 bits per heavy atom. The highest BCUT2D eigenvalue weighted by Crippen LogP contribution is 2.20. The number of aryl methyl sites for hydroxylation is 1. The SMILES string of the molecule is COc1ccc(OCCN2CCN(C(=O)c3cc(-c4ccc(C)cc4)n[nH]3)CC2)cc1. The van der Waals surface area contributed by atoms with Gasteiger partial charge in [0, 0.05) is 38.3 Å². The summed E-state index contributed by atoms with van der Waals surface area (Å²) in [7, 11) is 1.65. The monoisotopic (exact) mass is 420 g/mol. The summed E-state index contributed by atoms with van der Waals surface area (Å²) in [5, 5.41) is 7.22. The molecule has 1 saturated heterocycles. The lowest BCUT2D eigenvalue weighted by molar-refractivity contribution is 0.0614. The van der Waals surface area contributed by atoms with Crippen molar-refractivity contribution in [1.82, 2.24) is 20.0 Å². The van der Waals surface area contributed by atoms with Gasteiger partial charge < -0.3 is 14.4 Å². The predicted octanol–water partition coefficient (Wildman–Crippen LogP) is 3.23. The van der Waals surface area contributed by atoms with Crippen LogP contribution >= 0.6 is 0 Å². The second-order valence-corrected chi connectivity index (χ2v) is 7.69. The van der Waals surface area contributed by atoms with Crippen LogP contribution in [0.15, 0.2) is 54.6 Å². The molecule has 0 bridgehead atoms. The van der Waals surface area contributed by atoms with E-state index in [2.05, 4.69) is 15.1 Å². The normalized spacial score (nSPS) is 14.5. The minimum atomic E-state index is -0.00000507. The number of amides is 1. The number of rotatable bonds is 7. The minimum Gasteiger partial charge on any atom is -0.497 e. The third-order valence-electron chi connectivity index (χ3n) is 5.55. The van der Waals surface area contributed by atoms with Crippen molar-refractivity contribution in [2.45, 2.75) is 6.92 Å². The molecule has 0 saturated carbocycles. The maximum absolute atomic E-state index is 12.9. The van der Waals surface area contributed by atoms with Gasteiger partial charge in [0.1, 0.15) is 23.8 Å². The summed E-state index contributed by atoms with van der Waals surface area (Å²) in [6, 6.07) is 17.6. The molecule has 0 aliphatic carbocycles. The fourth-order valence-electron chi connectivity index (χ4n) is 3.61. The van der Waals surface area contributed by atoms with Crippen molar-refractivity contribution in [3.05, 3.63) is 65.9 Å². The Hall–Kier alpha value is -3.32. The van der Waals surface area contributed by atoms with E-state index in [9.17, 15) is 4.79 Å². The van der Waals surface area contributed by atoms with Crippen molar-refractivity contribution >= 4 is 5.91 Å². The molecule has 0 unspecified atom stereocenters. The first-order valence-electron chi connectivity index (χ1n) is 10.5. The minimum absolute atomic E-state index is 0.00000507. The highest BCUT2D eigenvalue weighted by molar-refractivity contribution is 5.93. The number of H-pyrrole nitrogens is 1. The van der Waals surface area contributed by atoms with E-state index in [1.54, 1.807) is 7.11 Å². The molecule has 7 heteroatoms. The molecule has 3 aromatic rings. The Morgan fingerprint density at radius 3 is 2.35 bits per heavy atom. The Bertz CT molecular complexity index is 990. The highest BCUT2D eigenvalue weighted by Gasteiger charge is 2.23. The van der Waals surface area contributed by atoms with Gasteiger partial charge in [0.15, 0.2) is 0 Å². The molecule has 0 atom stereocenters. The molecule has 31 heavy (non-hydrogen) atoms. The number of ether oxygens (including phenoxy) is 2. The van der Waals surface area contributed by atoms with Crippen LogP contribution in [0.25, 0.3) is 11.3 Å². The van der Waals surface area contributed by atoms with Crippen molar-refractivity contribution < 1.29 is 14.3 Å². The third-order valence-corrected chi connectivity index (χ3v) is 5.55. The third kappa shape index (κ3) is 5.24. The van der Waals surface area contributed by atoms with Crippen LogP contribution in [0.5, 0.6) is 11.5 Å². The van der Waals surface area contributed by atoms with Crippen molar-refractivity contribution in [3.8, 4) is 22.8 Å². The van der Waals surface area contributed by atoms with Gasteiger partial charge in [0.05, 0.1) is 12.8 Å². The number of nitrogens with one attached hydrogen (secondary N) is 1. The zero-order valence-corrected chi connectivity index (χ0v) is 18.0. The number of aromatic nitrogens is 2. The Kier molecular flexibility index (Phi) is 6.52. The van der Waals surface area contributed by atoms with Crippen molar-refractivity contribution in [2.24, 2.45) is 0 Å². The van der Waals surface area contributed by atoms with Crippen LogP contribution in [0, 0.1) is 6.92 Å². The van der Waals surface area contributed by atoms with Gasteiger partial charge in [-0.1, -0.05) is 29.8 Å². The molecule has 1 amide bonds. The summed E-state index contributed by atoms with van der Waals surface area (Å²) in [6.07, 6.45) is 0. The zero-order valence-electron chi connectivity index (χ0n) is 18.0. The highest BCUT2D eigenvalue weighted by atomic mass is 16.5. The number of carbonyl (C=O) groups is 1. The Balaban J connectivity index is 1.24. The quantitative estimate of drug-likeness (QED) is 0.636. The number of methoxy groups -OCH3 is 1. The number of aromatic amines is 1. The van der Waals surface area contributed by atoms with Crippen LogP contribution in [0.3, 0.4) is 0 Å². The van der Waals surface area contributed by atoms with Crippen LogP contribution in [0.2, 0.25) is 0 Å². The molecule has 2 heterocycles. The summed E-state index contributed by atoms with van der Waals surface area (Å²) >= 11 is 0. The predicted molar refractivity (Wildman–Crippen MR) is 120 cm³/mol. The molecule has 2 aromatic carbocycles. The number of hydrogen-bond donors (Lipinski definition) is 1. The van der Waals surface area contributed by atoms with Gasteiger partial charge >= 0.3 is 0 Å². The van der Waals surface area contributed by atoms with Crippen LogP contribution in [-0.2, 0) is 0 Å². The van der Waals surface area contributed by atoms with Crippen molar-refractivity contribution in [2.75, 3.05) is 46.4 Å². The number of benzene rings is 2. The first-order chi connectivity index (χ1) is 15.1. The molecule has 1 fully saturated rings. The lowest BCUT2D eigenvalue weighted by Crippen LogP contribution is -2.49. The van der Waals surface area contributed by atoms with Gasteiger partial charge in [-0.05, 0) is 37.3 Å². The van der Waals surface area contributed by atoms with Crippen LogP contribution in [0.1, 0.15) is 16.1 Å². The maximum atomic E-state index is 12.9. The van der Waals surface area contributed by atoms with E-state index < -0.39 is 0 Å². The smallest absolute Gasteiger partial charge is 0.271 e. The standard InChI is InChI=1S/C24H28N4O3/c1-18-3-5-19(6-4-18)22-17-23(26-25-22)24(29)28-13-11-27(12-14-28)15-16-31-21-9-7-20(30-2)8-10-21/h3-10,17H,11-16H2,1-2H3,(H,25,26). The van der Waals surface area contributed by atoms with Gasteiger partial charge in [-0.25, -0.2) is 0 Å². The van der Waals surface area contributed by atoms with E-state index >= 15 is 0 Å². The maximum Gasteiger partial charge on any atom is 0.271 e. The van der Waals surface area contributed by atoms with Crippen molar-refractivity contribution in [3.63, 3.8) is 0 Å². The largest absolute Gasteiger partial charge is 0.497 e. The van der Waals surface area contributed by atoms with Crippen LogP contribution < -0.4 is 9.47 Å². The van der Waals surface area contributed by atoms with Crippen molar-refractivity contribution in [1.29, 1.82) is 0 Å². The fourth-order valence-corrected chi connectivity index (χ4v) is 3.61. The first-order valence-corrected chi connectivity index (χ1v) is 10.5. The second-order valence-electron chi connectivity index (χ2n) is 7.69. The van der Waals surface area contributed by atoms with Gasteiger partial charge in [-0.2, -0.15) is 5.10 Å². The molecule has 1 aliphatic rings. The molecule has 1 aromatic heterocycles. The molecule has 7 nitrogen and oxygen atoms in total. The number of hydrogen-bond acceptors (Lipinski definition) is 5. The Labute approximate surface area is 182 Å². The average Bonchev–Trinajstić information content (AvgIpc) is 3.30. The first kappa shape index (κ1) is 20.9. The molecule has 0 spiro atoms. The molecule has 1 N–H and O–H groups in total. The average molecular weight is 421 g/mol.